The van der Waals surface area contributed by atoms with E-state index in [-0.39, 0.29) is 0 Å². The molecule has 0 atom stereocenters. The maximum Gasteiger partial charge on any atom is 0.266 e. The normalized spacial score (nSPS) is 11.1. The Morgan fingerprint density at radius 1 is 0.786 bits per heavy atom. The SMILES string of the molecule is CCCCSc1ccc(-c2[nH]c(=S)oc2-c2ccc(SCCCC)cc2)cc1. The monoisotopic (exact) mass is 429 g/mol. The Morgan fingerprint density at radius 3 is 1.79 bits per heavy atom. The minimum Gasteiger partial charge on any atom is -0.429 e. The van der Waals surface area contributed by atoms with Gasteiger partial charge in [-0.05, 0) is 60.8 Å². The van der Waals surface area contributed by atoms with Crippen LogP contribution in [0.15, 0.2) is 62.7 Å². The lowest BCUT2D eigenvalue weighted by atomic mass is 10.1. The maximum atomic E-state index is 5.85. The quantitative estimate of drug-likeness (QED) is 0.199. The second kappa shape index (κ2) is 10.9. The van der Waals surface area contributed by atoms with Crippen molar-refractivity contribution < 1.29 is 4.42 Å². The lowest BCUT2D eigenvalue weighted by molar-refractivity contribution is 0.554. The lowest BCUT2D eigenvalue weighted by Crippen LogP contribution is -1.84. The third kappa shape index (κ3) is 5.79. The number of H-pyrrole nitrogens is 1. The van der Waals surface area contributed by atoms with Crippen molar-refractivity contribution in [2.75, 3.05) is 11.5 Å². The van der Waals surface area contributed by atoms with Gasteiger partial charge >= 0.3 is 0 Å². The average molecular weight is 430 g/mol. The fourth-order valence-electron chi connectivity index (χ4n) is 2.82. The zero-order chi connectivity index (χ0) is 19.8. The molecule has 0 saturated carbocycles. The second-order valence-corrected chi connectivity index (χ2v) is 9.38. The molecule has 2 aromatic carbocycles. The van der Waals surface area contributed by atoms with E-state index in [1.807, 2.05) is 23.5 Å². The van der Waals surface area contributed by atoms with E-state index >= 15 is 0 Å². The molecule has 5 heteroatoms. The molecule has 28 heavy (non-hydrogen) atoms. The fraction of sp³-hybridized carbons (Fsp3) is 0.348. The summed E-state index contributed by atoms with van der Waals surface area (Å²) in [5, 5.41) is 0. The van der Waals surface area contributed by atoms with Gasteiger partial charge in [-0.2, -0.15) is 0 Å². The van der Waals surface area contributed by atoms with Crippen LogP contribution in [0.2, 0.25) is 0 Å². The molecule has 0 aliphatic rings. The smallest absolute Gasteiger partial charge is 0.266 e. The van der Waals surface area contributed by atoms with Crippen molar-refractivity contribution in [1.29, 1.82) is 0 Å². The fourth-order valence-corrected chi connectivity index (χ4v) is 5.00. The largest absolute Gasteiger partial charge is 0.429 e. The van der Waals surface area contributed by atoms with Crippen LogP contribution in [0.1, 0.15) is 39.5 Å². The highest BCUT2D eigenvalue weighted by Crippen LogP contribution is 2.34. The van der Waals surface area contributed by atoms with Crippen LogP contribution in [0.5, 0.6) is 0 Å². The summed E-state index contributed by atoms with van der Waals surface area (Å²) in [6.07, 6.45) is 4.96. The van der Waals surface area contributed by atoms with Crippen LogP contribution in [0.3, 0.4) is 0 Å². The van der Waals surface area contributed by atoms with E-state index in [4.69, 9.17) is 16.6 Å². The summed E-state index contributed by atoms with van der Waals surface area (Å²) in [5.74, 6) is 3.13. The second-order valence-electron chi connectivity index (χ2n) is 6.67. The van der Waals surface area contributed by atoms with Crippen LogP contribution in [0, 0.1) is 4.84 Å². The molecule has 2 nitrogen and oxygen atoms in total. The van der Waals surface area contributed by atoms with Gasteiger partial charge in [-0.1, -0.05) is 51.0 Å². The van der Waals surface area contributed by atoms with Crippen LogP contribution in [0.25, 0.3) is 22.6 Å². The van der Waals surface area contributed by atoms with Gasteiger partial charge in [-0.15, -0.1) is 23.5 Å². The van der Waals surface area contributed by atoms with Gasteiger partial charge in [-0.3, -0.25) is 0 Å². The number of hydrogen-bond acceptors (Lipinski definition) is 4. The molecule has 1 N–H and O–H groups in total. The van der Waals surface area contributed by atoms with Crippen molar-refractivity contribution >= 4 is 35.7 Å². The standard InChI is InChI=1S/C23H27NOS3/c1-3-5-15-27-19-11-7-17(8-12-19)21-22(25-23(26)24-21)18-9-13-20(14-10-18)28-16-6-4-2/h7-14H,3-6,15-16H2,1-2H3,(H,24,26). The molecule has 0 aliphatic heterocycles. The van der Waals surface area contributed by atoms with Crippen LogP contribution in [-0.2, 0) is 0 Å². The van der Waals surface area contributed by atoms with Crippen LogP contribution in [0.4, 0.5) is 0 Å². The first kappa shape index (κ1) is 21.3. The molecule has 1 aromatic heterocycles. The average Bonchev–Trinajstić information content (AvgIpc) is 3.11. The molecule has 0 aliphatic carbocycles. The van der Waals surface area contributed by atoms with E-state index in [0.29, 0.717) is 4.84 Å². The summed E-state index contributed by atoms with van der Waals surface area (Å²) in [5.41, 5.74) is 3.08. The summed E-state index contributed by atoms with van der Waals surface area (Å²) < 4.78 is 5.85. The Balaban J connectivity index is 1.78. The van der Waals surface area contributed by atoms with E-state index in [1.165, 1.54) is 35.5 Å². The highest BCUT2D eigenvalue weighted by molar-refractivity contribution is 7.99. The Kier molecular flexibility index (Phi) is 8.31. The third-order valence-corrected chi connectivity index (χ3v) is 6.82. The van der Waals surface area contributed by atoms with Gasteiger partial charge in [0.2, 0.25) is 0 Å². The zero-order valence-corrected chi connectivity index (χ0v) is 18.9. The number of benzene rings is 2. The lowest BCUT2D eigenvalue weighted by Gasteiger charge is -2.06. The van der Waals surface area contributed by atoms with E-state index in [1.54, 1.807) is 0 Å². The van der Waals surface area contributed by atoms with Crippen molar-refractivity contribution in [3.05, 3.63) is 53.4 Å². The molecule has 148 valence electrons. The van der Waals surface area contributed by atoms with Crippen molar-refractivity contribution in [3.63, 3.8) is 0 Å². The Bertz CT molecular complexity index is 836. The minimum absolute atomic E-state index is 0.410. The minimum atomic E-state index is 0.410. The Hall–Kier alpha value is -1.43. The van der Waals surface area contributed by atoms with E-state index in [9.17, 15) is 0 Å². The highest BCUT2D eigenvalue weighted by atomic mass is 32.2. The van der Waals surface area contributed by atoms with Crippen molar-refractivity contribution in [2.24, 2.45) is 0 Å². The van der Waals surface area contributed by atoms with Crippen LogP contribution < -0.4 is 0 Å². The molecule has 3 aromatic rings. The molecule has 0 bridgehead atoms. The third-order valence-electron chi connectivity index (χ3n) is 4.44. The molecule has 0 amide bonds. The topological polar surface area (TPSA) is 28.9 Å². The Morgan fingerprint density at radius 2 is 1.29 bits per heavy atom. The predicted molar refractivity (Wildman–Crippen MR) is 126 cm³/mol. The van der Waals surface area contributed by atoms with Crippen molar-refractivity contribution in [3.8, 4) is 22.6 Å². The highest BCUT2D eigenvalue weighted by Gasteiger charge is 2.13. The molecule has 1 heterocycles. The molecular weight excluding hydrogens is 402 g/mol. The number of oxazole rings is 1. The van der Waals surface area contributed by atoms with Crippen molar-refractivity contribution in [1.82, 2.24) is 4.98 Å². The van der Waals surface area contributed by atoms with Gasteiger partial charge in [0, 0.05) is 20.9 Å². The van der Waals surface area contributed by atoms with Crippen LogP contribution in [-0.4, -0.2) is 16.5 Å². The molecular formula is C23H27NOS3. The maximum absolute atomic E-state index is 5.85. The van der Waals surface area contributed by atoms with Gasteiger partial charge in [0.05, 0.1) is 5.69 Å². The summed E-state index contributed by atoms with van der Waals surface area (Å²) in [4.78, 5) is 6.23. The molecule has 0 spiro atoms. The first-order valence-corrected chi connectivity index (χ1v) is 12.3. The predicted octanol–water partition coefficient (Wildman–Crippen LogP) is 8.46. The number of hydrogen-bond donors (Lipinski definition) is 1. The number of aromatic nitrogens is 1. The summed E-state index contributed by atoms with van der Waals surface area (Å²) in [6.45, 7) is 4.45. The Labute approximate surface area is 181 Å². The van der Waals surface area contributed by atoms with Crippen LogP contribution >= 0.6 is 35.7 Å². The van der Waals surface area contributed by atoms with Crippen molar-refractivity contribution in [2.45, 2.75) is 49.3 Å². The van der Waals surface area contributed by atoms with E-state index < -0.39 is 0 Å². The number of rotatable bonds is 10. The zero-order valence-electron chi connectivity index (χ0n) is 16.5. The number of unbranched alkanes of at least 4 members (excludes halogenated alkanes) is 2. The molecule has 0 unspecified atom stereocenters. The molecule has 0 saturated heterocycles. The first-order valence-electron chi connectivity index (χ1n) is 9.90. The molecule has 3 rings (SSSR count). The summed E-state index contributed by atoms with van der Waals surface area (Å²) >= 11 is 9.09. The van der Waals surface area contributed by atoms with Gasteiger partial charge in [-0.25, -0.2) is 0 Å². The van der Waals surface area contributed by atoms with E-state index in [0.717, 1.165) is 34.1 Å². The number of nitrogens with one attached hydrogen (secondary N) is 1. The molecule has 0 fully saturated rings. The summed E-state index contributed by atoms with van der Waals surface area (Å²) in [7, 11) is 0. The van der Waals surface area contributed by atoms with E-state index in [2.05, 4.69) is 67.4 Å². The molecule has 0 radical (unpaired) electrons. The van der Waals surface area contributed by atoms with Gasteiger partial charge < -0.3 is 9.40 Å². The van der Waals surface area contributed by atoms with Gasteiger partial charge in [0.25, 0.3) is 4.84 Å². The van der Waals surface area contributed by atoms with Gasteiger partial charge in [0.15, 0.2) is 5.76 Å². The summed E-state index contributed by atoms with van der Waals surface area (Å²) in [6, 6.07) is 17.2. The number of aromatic amines is 1. The van der Waals surface area contributed by atoms with Gasteiger partial charge in [0.1, 0.15) is 0 Å². The number of thioether (sulfide) groups is 2. The first-order chi connectivity index (χ1) is 13.7.